The van der Waals surface area contributed by atoms with Crippen molar-refractivity contribution in [3.63, 3.8) is 0 Å². The summed E-state index contributed by atoms with van der Waals surface area (Å²) in [7, 11) is 0. The van der Waals surface area contributed by atoms with Crippen molar-refractivity contribution in [2.24, 2.45) is 0 Å². The first-order chi connectivity index (χ1) is 13.5. The van der Waals surface area contributed by atoms with Gasteiger partial charge in [0.05, 0.1) is 16.9 Å². The molecule has 146 valence electrons. The second kappa shape index (κ2) is 7.88. The molecule has 3 heterocycles. The molecule has 0 saturated carbocycles. The summed E-state index contributed by atoms with van der Waals surface area (Å²) in [6.07, 6.45) is 3.12. The summed E-state index contributed by atoms with van der Waals surface area (Å²) in [5.74, 6) is 1.44. The van der Waals surface area contributed by atoms with Gasteiger partial charge in [-0.2, -0.15) is 0 Å². The molecule has 0 radical (unpaired) electrons. The maximum absolute atomic E-state index is 12.4. The normalized spacial score (nSPS) is 12.9. The molecule has 8 nitrogen and oxygen atoms in total. The number of aromatic amines is 1. The van der Waals surface area contributed by atoms with Crippen molar-refractivity contribution in [1.29, 1.82) is 0 Å². The van der Waals surface area contributed by atoms with Crippen molar-refractivity contribution >= 4 is 45.2 Å². The second-order valence-electron chi connectivity index (χ2n) is 6.69. The number of aromatic nitrogens is 4. The van der Waals surface area contributed by atoms with E-state index in [0.29, 0.717) is 17.5 Å². The number of hydrogen-bond acceptors (Lipinski definition) is 8. The number of carbonyl (C=O) groups excluding carboxylic acids is 1. The van der Waals surface area contributed by atoms with Crippen molar-refractivity contribution in [2.45, 2.75) is 38.9 Å². The quantitative estimate of drug-likeness (QED) is 0.528. The van der Waals surface area contributed by atoms with Crippen molar-refractivity contribution in [2.75, 3.05) is 11.2 Å². The highest BCUT2D eigenvalue weighted by atomic mass is 32.2. The van der Waals surface area contributed by atoms with Gasteiger partial charge >= 0.3 is 0 Å². The molecule has 1 aliphatic carbocycles. The third-order valence-corrected chi connectivity index (χ3v) is 6.52. The Hall–Kier alpha value is -2.46. The Labute approximate surface area is 169 Å². The molecule has 0 bridgehead atoms. The third kappa shape index (κ3) is 4.02. The third-order valence-electron chi connectivity index (χ3n) is 4.39. The van der Waals surface area contributed by atoms with Gasteiger partial charge < -0.3 is 4.98 Å². The van der Waals surface area contributed by atoms with Crippen LogP contribution in [0.25, 0.3) is 10.2 Å². The van der Waals surface area contributed by atoms with Crippen LogP contribution in [0.3, 0.4) is 0 Å². The molecule has 0 aromatic carbocycles. The van der Waals surface area contributed by atoms with E-state index in [0.717, 1.165) is 40.9 Å². The monoisotopic (exact) mass is 416 g/mol. The average Bonchev–Trinajstić information content (AvgIpc) is 3.19. The molecule has 3 aromatic rings. The van der Waals surface area contributed by atoms with Crippen LogP contribution in [0.15, 0.2) is 10.9 Å². The number of nitrogens with zero attached hydrogens (tertiary/aromatic N) is 3. The number of amides is 1. The fraction of sp³-hybridized carbons (Fsp3) is 0.389. The molecule has 3 aromatic heterocycles. The highest BCUT2D eigenvalue weighted by Gasteiger charge is 2.21. The zero-order chi connectivity index (χ0) is 19.7. The van der Waals surface area contributed by atoms with Crippen LogP contribution in [0.2, 0.25) is 0 Å². The Morgan fingerprint density at radius 2 is 2.04 bits per heavy atom. The molecule has 0 spiro atoms. The van der Waals surface area contributed by atoms with Gasteiger partial charge in [0, 0.05) is 16.3 Å². The highest BCUT2D eigenvalue weighted by Crippen LogP contribution is 2.34. The maximum atomic E-state index is 12.4. The van der Waals surface area contributed by atoms with Crippen LogP contribution in [0.1, 0.15) is 34.1 Å². The van der Waals surface area contributed by atoms with E-state index >= 15 is 0 Å². The molecular formula is C18H20N6O2S2. The molecule has 1 aliphatic rings. The van der Waals surface area contributed by atoms with Gasteiger partial charge in [-0.1, -0.05) is 0 Å². The number of thiophene rings is 1. The lowest BCUT2D eigenvalue weighted by atomic mass is 10.2. The van der Waals surface area contributed by atoms with Crippen LogP contribution in [-0.2, 0) is 23.4 Å². The van der Waals surface area contributed by atoms with Crippen molar-refractivity contribution in [3.05, 3.63) is 44.1 Å². The summed E-state index contributed by atoms with van der Waals surface area (Å²) in [5.41, 5.74) is 8.05. The Balaban J connectivity index is 1.32. The van der Waals surface area contributed by atoms with E-state index < -0.39 is 0 Å². The number of carbonyl (C=O) groups is 1. The zero-order valence-corrected chi connectivity index (χ0v) is 17.2. The van der Waals surface area contributed by atoms with E-state index in [1.165, 1.54) is 22.2 Å². The Morgan fingerprint density at radius 3 is 2.82 bits per heavy atom. The Morgan fingerprint density at radius 1 is 1.25 bits per heavy atom. The first-order valence-electron chi connectivity index (χ1n) is 8.98. The number of rotatable bonds is 6. The topological polar surface area (TPSA) is 113 Å². The molecule has 28 heavy (non-hydrogen) atoms. The Kier molecular flexibility index (Phi) is 5.31. The van der Waals surface area contributed by atoms with Crippen LogP contribution in [-0.4, -0.2) is 31.6 Å². The predicted octanol–water partition coefficient (Wildman–Crippen LogP) is 2.26. The minimum atomic E-state index is -0.203. The molecule has 0 aliphatic heterocycles. The standard InChI is InChI=1S/C18H20N6O2S2/c1-9-6-10(2)20-18(19-9)24-23-14(25)8-27-7-13-21-16(26)15-11-4-3-5-12(11)28-17(15)22-13/h6H,3-5,7-8H2,1-2H3,(H,23,25)(H,19,20,24)(H,21,22,26). The number of H-pyrrole nitrogens is 1. The number of anilines is 1. The van der Waals surface area contributed by atoms with Crippen LogP contribution in [0.5, 0.6) is 0 Å². The van der Waals surface area contributed by atoms with Gasteiger partial charge in [0.15, 0.2) is 0 Å². The predicted molar refractivity (Wildman–Crippen MR) is 112 cm³/mol. The lowest BCUT2D eigenvalue weighted by Gasteiger charge is -2.08. The van der Waals surface area contributed by atoms with Gasteiger partial charge in [-0.25, -0.2) is 15.0 Å². The number of hydrazine groups is 1. The van der Waals surface area contributed by atoms with Gasteiger partial charge in [-0.3, -0.25) is 20.4 Å². The van der Waals surface area contributed by atoms with E-state index in [-0.39, 0.29) is 17.2 Å². The summed E-state index contributed by atoms with van der Waals surface area (Å²) in [6, 6.07) is 1.86. The number of fused-ring (bicyclic) bond motifs is 3. The van der Waals surface area contributed by atoms with E-state index in [2.05, 4.69) is 30.8 Å². The molecule has 1 amide bonds. The molecule has 3 N–H and O–H groups in total. The summed E-state index contributed by atoms with van der Waals surface area (Å²) < 4.78 is 0. The van der Waals surface area contributed by atoms with Gasteiger partial charge in [-0.05, 0) is 44.7 Å². The second-order valence-corrected chi connectivity index (χ2v) is 8.76. The van der Waals surface area contributed by atoms with E-state index in [1.54, 1.807) is 11.3 Å². The number of nitrogens with one attached hydrogen (secondary N) is 3. The summed E-state index contributed by atoms with van der Waals surface area (Å²) in [5, 5.41) is 0.752. The smallest absolute Gasteiger partial charge is 0.259 e. The molecular weight excluding hydrogens is 396 g/mol. The van der Waals surface area contributed by atoms with Gasteiger partial charge in [-0.15, -0.1) is 23.1 Å². The fourth-order valence-electron chi connectivity index (χ4n) is 3.30. The zero-order valence-electron chi connectivity index (χ0n) is 15.6. The highest BCUT2D eigenvalue weighted by molar-refractivity contribution is 7.99. The van der Waals surface area contributed by atoms with Crippen molar-refractivity contribution in [3.8, 4) is 0 Å². The summed E-state index contributed by atoms with van der Waals surface area (Å²) in [6.45, 7) is 3.73. The molecule has 0 saturated heterocycles. The van der Waals surface area contributed by atoms with Crippen molar-refractivity contribution in [1.82, 2.24) is 25.4 Å². The number of aryl methyl sites for hydroxylation is 4. The molecule has 0 unspecified atom stereocenters. The van der Waals surface area contributed by atoms with Crippen LogP contribution < -0.4 is 16.4 Å². The summed E-state index contributed by atoms with van der Waals surface area (Å²) >= 11 is 3.00. The Bertz CT molecular complexity index is 1090. The average molecular weight is 417 g/mol. The van der Waals surface area contributed by atoms with Crippen molar-refractivity contribution < 1.29 is 4.79 Å². The van der Waals surface area contributed by atoms with Gasteiger partial charge in [0.1, 0.15) is 10.7 Å². The van der Waals surface area contributed by atoms with Crippen LogP contribution >= 0.6 is 23.1 Å². The van der Waals surface area contributed by atoms with E-state index in [4.69, 9.17) is 0 Å². The fourth-order valence-corrected chi connectivity index (χ4v) is 5.27. The number of hydrogen-bond donors (Lipinski definition) is 3. The van der Waals surface area contributed by atoms with Crippen LogP contribution in [0, 0.1) is 13.8 Å². The molecule has 10 heteroatoms. The first kappa shape index (κ1) is 18.9. The maximum Gasteiger partial charge on any atom is 0.259 e. The SMILES string of the molecule is Cc1cc(C)nc(NNC(=O)CSCc2nc3sc4c(c3c(=O)[nH]2)CCC4)n1. The van der Waals surface area contributed by atoms with Gasteiger partial charge in [0.25, 0.3) is 5.56 Å². The largest absolute Gasteiger partial charge is 0.309 e. The number of thioether (sulfide) groups is 1. The molecule has 0 fully saturated rings. The lowest BCUT2D eigenvalue weighted by Crippen LogP contribution is -2.32. The van der Waals surface area contributed by atoms with E-state index in [9.17, 15) is 9.59 Å². The molecule has 0 atom stereocenters. The van der Waals surface area contributed by atoms with Crippen LogP contribution in [0.4, 0.5) is 5.95 Å². The van der Waals surface area contributed by atoms with Gasteiger partial charge in [0.2, 0.25) is 11.9 Å². The van der Waals surface area contributed by atoms with E-state index in [1.807, 2.05) is 19.9 Å². The molecule has 4 rings (SSSR count). The minimum Gasteiger partial charge on any atom is -0.309 e. The minimum absolute atomic E-state index is 0.0712. The lowest BCUT2D eigenvalue weighted by molar-refractivity contribution is -0.118. The summed E-state index contributed by atoms with van der Waals surface area (Å²) in [4.78, 5) is 42.4. The first-order valence-corrected chi connectivity index (χ1v) is 10.9.